The van der Waals surface area contributed by atoms with E-state index in [2.05, 4.69) is 31.1 Å². The molecule has 3 N–H and O–H groups in total. The Bertz CT molecular complexity index is 2070. The molecule has 2 aromatic heterocycles. The maximum Gasteiger partial charge on any atom is 0.411 e. The first-order valence-corrected chi connectivity index (χ1v) is 15.1. The maximum atomic E-state index is 15.0. The predicted molar refractivity (Wildman–Crippen MR) is 175 cm³/mol. The van der Waals surface area contributed by atoms with Crippen LogP contribution in [0.1, 0.15) is 38.9 Å². The van der Waals surface area contributed by atoms with E-state index < -0.39 is 29.8 Å². The molecule has 13 nitrogen and oxygen atoms in total. The SMILES string of the molecule is COC(=O)Nc1ccc2c(c1)CN(C)C(=O)c1cc(ccc1F)C[C@H](NC(=O)C=Cc1cc(Cl)ccc1-n1cnnn1)c1nc-2c(Cl)[nH]1. The zero-order valence-electron chi connectivity index (χ0n) is 25.4. The first kappa shape index (κ1) is 32.3. The summed E-state index contributed by atoms with van der Waals surface area (Å²) >= 11 is 12.9. The number of imidazole rings is 1. The number of nitrogens with zero attached hydrogens (tertiary/aromatic N) is 6. The minimum Gasteiger partial charge on any atom is -0.453 e. The molecular formula is C32H26Cl2FN9O4. The van der Waals surface area contributed by atoms with Crippen molar-refractivity contribution < 1.29 is 23.5 Å². The van der Waals surface area contributed by atoms with Gasteiger partial charge in [0, 0.05) is 41.5 Å². The third-order valence-corrected chi connectivity index (χ3v) is 8.08. The third kappa shape index (κ3) is 6.89. The number of aromatic amines is 1. The molecule has 1 aliphatic heterocycles. The fourth-order valence-corrected chi connectivity index (χ4v) is 5.71. The van der Waals surface area contributed by atoms with Crippen molar-refractivity contribution >= 4 is 52.9 Å². The summed E-state index contributed by atoms with van der Waals surface area (Å²) in [6, 6.07) is 13.4. The molecule has 0 saturated heterocycles. The molecule has 0 spiro atoms. The monoisotopic (exact) mass is 689 g/mol. The second-order valence-corrected chi connectivity index (χ2v) is 11.6. The fourth-order valence-electron chi connectivity index (χ4n) is 5.29. The predicted octanol–water partition coefficient (Wildman–Crippen LogP) is 5.38. The lowest BCUT2D eigenvalue weighted by molar-refractivity contribution is -0.117. The highest BCUT2D eigenvalue weighted by atomic mass is 35.5. The largest absolute Gasteiger partial charge is 0.453 e. The first-order chi connectivity index (χ1) is 23.1. The van der Waals surface area contributed by atoms with Crippen molar-refractivity contribution in [3.05, 3.63) is 111 Å². The molecule has 1 atom stereocenters. The van der Waals surface area contributed by atoms with Gasteiger partial charge in [-0.15, -0.1) is 5.10 Å². The number of fused-ring (bicyclic) bond motifs is 6. The van der Waals surface area contributed by atoms with Gasteiger partial charge in [0.1, 0.15) is 28.8 Å². The number of hydrogen-bond donors (Lipinski definition) is 3. The molecule has 0 saturated carbocycles. The van der Waals surface area contributed by atoms with Crippen molar-refractivity contribution in [1.82, 2.24) is 40.4 Å². The summed E-state index contributed by atoms with van der Waals surface area (Å²) in [5.41, 5.74) is 3.44. The summed E-state index contributed by atoms with van der Waals surface area (Å²) in [5, 5.41) is 17.4. The van der Waals surface area contributed by atoms with Gasteiger partial charge in [0.25, 0.3) is 5.91 Å². The molecule has 0 fully saturated rings. The number of halogens is 3. The molecule has 6 rings (SSSR count). The lowest BCUT2D eigenvalue weighted by atomic mass is 10.0. The highest BCUT2D eigenvalue weighted by Crippen LogP contribution is 2.34. The molecule has 0 radical (unpaired) electrons. The van der Waals surface area contributed by atoms with E-state index in [-0.39, 0.29) is 23.7 Å². The average molecular weight is 691 g/mol. The summed E-state index contributed by atoms with van der Waals surface area (Å²) in [4.78, 5) is 48.0. The Balaban J connectivity index is 1.39. The maximum absolute atomic E-state index is 15.0. The number of methoxy groups -OCH3 is 1. The molecular weight excluding hydrogens is 664 g/mol. The van der Waals surface area contributed by atoms with Gasteiger partial charge < -0.3 is 19.9 Å². The van der Waals surface area contributed by atoms with E-state index in [1.54, 1.807) is 42.5 Å². The Morgan fingerprint density at radius 3 is 2.71 bits per heavy atom. The number of carbonyl (C=O) groups is 3. The minimum absolute atomic E-state index is 0.0220. The second kappa shape index (κ2) is 13.6. The zero-order chi connectivity index (χ0) is 33.9. The second-order valence-electron chi connectivity index (χ2n) is 10.8. The molecule has 244 valence electrons. The van der Waals surface area contributed by atoms with Gasteiger partial charge in [0.15, 0.2) is 0 Å². The summed E-state index contributed by atoms with van der Waals surface area (Å²) in [6.45, 7) is 0.0220. The molecule has 3 aromatic carbocycles. The van der Waals surface area contributed by atoms with Crippen LogP contribution in [0.5, 0.6) is 0 Å². The minimum atomic E-state index is -0.789. The van der Waals surface area contributed by atoms with Crippen molar-refractivity contribution in [2.45, 2.75) is 19.0 Å². The number of ether oxygens (including phenoxy) is 1. The van der Waals surface area contributed by atoms with Crippen LogP contribution in [0.4, 0.5) is 14.9 Å². The van der Waals surface area contributed by atoms with Crippen LogP contribution in [0.3, 0.4) is 0 Å². The number of anilines is 1. The number of rotatable bonds is 5. The molecule has 5 aromatic rings. The fraction of sp³-hybridized carbons (Fsp3) is 0.156. The Morgan fingerprint density at radius 1 is 1.10 bits per heavy atom. The van der Waals surface area contributed by atoms with Gasteiger partial charge in [-0.3, -0.25) is 14.9 Å². The number of carbonyl (C=O) groups excluding carboxylic acids is 3. The average Bonchev–Trinajstić information content (AvgIpc) is 3.74. The lowest BCUT2D eigenvalue weighted by Crippen LogP contribution is -2.30. The molecule has 0 unspecified atom stereocenters. The number of nitrogens with one attached hydrogen (secondary N) is 3. The number of benzene rings is 3. The van der Waals surface area contributed by atoms with E-state index in [4.69, 9.17) is 32.9 Å². The van der Waals surface area contributed by atoms with Crippen molar-refractivity contribution in [3.8, 4) is 16.9 Å². The van der Waals surface area contributed by atoms with Crippen molar-refractivity contribution in [1.29, 1.82) is 0 Å². The number of H-pyrrole nitrogens is 1. The zero-order valence-corrected chi connectivity index (χ0v) is 26.9. The molecule has 48 heavy (non-hydrogen) atoms. The van der Waals surface area contributed by atoms with Gasteiger partial charge in [-0.2, -0.15) is 4.68 Å². The van der Waals surface area contributed by atoms with Gasteiger partial charge >= 0.3 is 6.09 Å². The van der Waals surface area contributed by atoms with Crippen LogP contribution in [0.15, 0.2) is 67.0 Å². The van der Waals surface area contributed by atoms with Crippen LogP contribution in [-0.2, 0) is 22.5 Å². The normalized spacial score (nSPS) is 14.5. The van der Waals surface area contributed by atoms with Gasteiger partial charge in [-0.05, 0) is 76.5 Å². The smallest absolute Gasteiger partial charge is 0.411 e. The van der Waals surface area contributed by atoms with Crippen LogP contribution in [0.2, 0.25) is 10.2 Å². The van der Waals surface area contributed by atoms with E-state index in [9.17, 15) is 14.4 Å². The summed E-state index contributed by atoms with van der Waals surface area (Å²) in [5.74, 6) is -1.43. The van der Waals surface area contributed by atoms with E-state index in [1.807, 2.05) is 0 Å². The topological polar surface area (TPSA) is 160 Å². The third-order valence-electron chi connectivity index (χ3n) is 7.57. The highest BCUT2D eigenvalue weighted by molar-refractivity contribution is 6.32. The van der Waals surface area contributed by atoms with Gasteiger partial charge in [0.2, 0.25) is 5.91 Å². The number of hydrogen-bond acceptors (Lipinski definition) is 8. The van der Waals surface area contributed by atoms with E-state index in [0.717, 1.165) is 0 Å². The summed E-state index contributed by atoms with van der Waals surface area (Å²) in [6.07, 6.45) is 3.76. The Hall–Kier alpha value is -5.60. The van der Waals surface area contributed by atoms with E-state index in [1.165, 1.54) is 54.3 Å². The standard InChI is InChI=1S/C32H26Cl2FN9O4/c1-43-15-19-14-21(37-32(47)48-2)6-7-22(19)28-29(34)40-30(39-28)25(12-17-3-8-24(35)23(11-17)31(43)46)38-27(45)10-4-18-13-20(33)5-9-26(18)44-16-36-41-42-44/h3-11,13-14,16,25H,12,15H2,1-2H3,(H,37,47)(H,38,45)(H,39,40)/t25-/m0/s1. The van der Waals surface area contributed by atoms with Crippen molar-refractivity contribution in [2.75, 3.05) is 19.5 Å². The van der Waals surface area contributed by atoms with Crippen LogP contribution in [-0.4, -0.2) is 67.1 Å². The first-order valence-electron chi connectivity index (χ1n) is 14.4. The van der Waals surface area contributed by atoms with Gasteiger partial charge in [-0.25, -0.2) is 14.2 Å². The van der Waals surface area contributed by atoms with Gasteiger partial charge in [-0.1, -0.05) is 35.3 Å². The summed E-state index contributed by atoms with van der Waals surface area (Å²) in [7, 11) is 2.78. The van der Waals surface area contributed by atoms with Crippen LogP contribution in [0, 0.1) is 5.82 Å². The van der Waals surface area contributed by atoms with Crippen molar-refractivity contribution in [2.24, 2.45) is 0 Å². The number of amides is 3. The molecule has 3 amide bonds. The van der Waals surface area contributed by atoms with E-state index >= 15 is 4.39 Å². The number of tetrazole rings is 1. The molecule has 4 bridgehead atoms. The lowest BCUT2D eigenvalue weighted by Gasteiger charge is -2.21. The molecule has 3 heterocycles. The van der Waals surface area contributed by atoms with Crippen LogP contribution < -0.4 is 10.6 Å². The molecule has 16 heteroatoms. The van der Waals surface area contributed by atoms with Crippen molar-refractivity contribution in [3.63, 3.8) is 0 Å². The van der Waals surface area contributed by atoms with Crippen LogP contribution >= 0.6 is 23.2 Å². The Kier molecular flexibility index (Phi) is 9.19. The molecule has 0 aliphatic carbocycles. The van der Waals surface area contributed by atoms with Gasteiger partial charge in [0.05, 0.1) is 24.4 Å². The summed E-state index contributed by atoms with van der Waals surface area (Å²) < 4.78 is 21.2. The Morgan fingerprint density at radius 2 is 1.94 bits per heavy atom. The Labute approximate surface area is 282 Å². The highest BCUT2D eigenvalue weighted by Gasteiger charge is 2.26. The van der Waals surface area contributed by atoms with Crippen LogP contribution in [0.25, 0.3) is 23.0 Å². The molecule has 1 aliphatic rings. The quantitative estimate of drug-likeness (QED) is 0.208. The number of aromatic nitrogens is 6. The van der Waals surface area contributed by atoms with E-state index in [0.29, 0.717) is 50.2 Å².